The molecule has 0 aliphatic carbocycles. The van der Waals surface area contributed by atoms with E-state index in [1.807, 2.05) is 0 Å². The van der Waals surface area contributed by atoms with E-state index in [-0.39, 0.29) is 22.6 Å². The molecule has 2 unspecified atom stereocenters. The smallest absolute Gasteiger partial charge is 0.335 e. The number of ketones is 1. The molecule has 1 aliphatic heterocycles. The first-order valence-corrected chi connectivity index (χ1v) is 8.84. The van der Waals surface area contributed by atoms with Gasteiger partial charge in [0.05, 0.1) is 16.3 Å². The number of carboxylic acids is 1. The van der Waals surface area contributed by atoms with E-state index in [1.54, 1.807) is 7.05 Å². The van der Waals surface area contributed by atoms with E-state index in [0.29, 0.717) is 11.3 Å². The molecule has 0 saturated heterocycles. The summed E-state index contributed by atoms with van der Waals surface area (Å²) in [6.45, 7) is 0. The molecule has 1 aliphatic rings. The quantitative estimate of drug-likeness (QED) is 0.886. The van der Waals surface area contributed by atoms with Gasteiger partial charge in [-0.25, -0.2) is 13.4 Å². The maximum atomic E-state index is 13.3. The average molecular weight is 382 g/mol. The van der Waals surface area contributed by atoms with E-state index in [4.69, 9.17) is 16.7 Å². The summed E-state index contributed by atoms with van der Waals surface area (Å²) in [4.78, 5) is 23.9. The number of anilines is 1. The Hall–Kier alpha value is -2.25. The van der Waals surface area contributed by atoms with Crippen molar-refractivity contribution >= 4 is 40.0 Å². The fourth-order valence-corrected chi connectivity index (χ4v) is 4.32. The number of hydrogen-bond donors (Lipinski definition) is 1. The summed E-state index contributed by atoms with van der Waals surface area (Å²) >= 11 is 5.76. The van der Waals surface area contributed by atoms with E-state index < -0.39 is 33.8 Å². The van der Waals surface area contributed by atoms with E-state index in [0.717, 1.165) is 0 Å². The summed E-state index contributed by atoms with van der Waals surface area (Å²) in [6, 6.07) is 8.19. The lowest BCUT2D eigenvalue weighted by molar-refractivity contribution is 0.0697. The van der Waals surface area contributed by atoms with Crippen molar-refractivity contribution in [3.8, 4) is 0 Å². The molecule has 0 amide bonds. The van der Waals surface area contributed by atoms with Crippen LogP contribution in [0.4, 0.5) is 10.1 Å². The lowest BCUT2D eigenvalue weighted by Gasteiger charge is -2.31. The second-order valence-corrected chi connectivity index (χ2v) is 7.69. The molecule has 5 nitrogen and oxygen atoms in total. The number of hydrogen-bond acceptors (Lipinski definition) is 3. The molecule has 2 aromatic carbocycles. The second-order valence-electron chi connectivity index (χ2n) is 5.62. The van der Waals surface area contributed by atoms with Gasteiger partial charge in [0.2, 0.25) is 0 Å². The van der Waals surface area contributed by atoms with Crippen LogP contribution in [0.15, 0.2) is 36.4 Å². The van der Waals surface area contributed by atoms with Crippen LogP contribution in [0.2, 0.25) is 5.02 Å². The molecule has 8 heteroatoms. The van der Waals surface area contributed by atoms with Crippen LogP contribution < -0.4 is 4.31 Å². The summed E-state index contributed by atoms with van der Waals surface area (Å²) in [5, 5.41) is 8.14. The molecular weight excluding hydrogens is 369 g/mol. The number of carbonyl (C=O) groups excluding carboxylic acids is 1. The Balaban J connectivity index is 2.00. The van der Waals surface area contributed by atoms with Gasteiger partial charge in [0.25, 0.3) is 0 Å². The normalized spacial score (nSPS) is 19.6. The highest BCUT2D eigenvalue weighted by Gasteiger charge is 2.37. The van der Waals surface area contributed by atoms with Crippen molar-refractivity contribution in [2.75, 3.05) is 11.4 Å². The van der Waals surface area contributed by atoms with Gasteiger partial charge < -0.3 is 5.11 Å². The number of carboxylic acid groups (broad SMARTS) is 1. The van der Waals surface area contributed by atoms with Gasteiger partial charge in [-0.15, -0.1) is 0 Å². The maximum absolute atomic E-state index is 13.3. The number of fused-ring (bicyclic) bond motifs is 1. The highest BCUT2D eigenvalue weighted by molar-refractivity contribution is 7.88. The zero-order valence-corrected chi connectivity index (χ0v) is 14.6. The Labute approximate surface area is 150 Å². The van der Waals surface area contributed by atoms with Gasteiger partial charge in [-0.3, -0.25) is 9.10 Å². The molecule has 0 fully saturated rings. The molecule has 2 aromatic rings. The van der Waals surface area contributed by atoms with Crippen LogP contribution in [0.3, 0.4) is 0 Å². The van der Waals surface area contributed by atoms with E-state index >= 15 is 0 Å². The van der Waals surface area contributed by atoms with Crippen molar-refractivity contribution in [1.82, 2.24) is 0 Å². The van der Waals surface area contributed by atoms with Crippen molar-refractivity contribution in [3.05, 3.63) is 63.9 Å². The first kappa shape index (κ1) is 17.6. The van der Waals surface area contributed by atoms with Crippen LogP contribution in [0.1, 0.15) is 26.3 Å². The van der Waals surface area contributed by atoms with Crippen LogP contribution in [0.25, 0.3) is 0 Å². The van der Waals surface area contributed by atoms with Crippen LogP contribution in [-0.4, -0.2) is 33.4 Å². The topological polar surface area (TPSA) is 74.7 Å². The first-order chi connectivity index (χ1) is 11.8. The highest BCUT2D eigenvalue weighted by atomic mass is 35.5. The fraction of sp³-hybridized carbons (Fsp3) is 0.176. The van der Waals surface area contributed by atoms with Crippen molar-refractivity contribution < 1.29 is 23.3 Å². The lowest BCUT2D eigenvalue weighted by Crippen LogP contribution is -2.42. The van der Waals surface area contributed by atoms with Crippen molar-refractivity contribution in [1.29, 1.82) is 0 Å². The predicted molar refractivity (Wildman–Crippen MR) is 93.2 cm³/mol. The Morgan fingerprint density at radius 2 is 2.04 bits per heavy atom. The summed E-state index contributed by atoms with van der Waals surface area (Å²) in [7, 11) is -0.0686. The summed E-state index contributed by atoms with van der Waals surface area (Å²) in [6.07, 6.45) is 0.104. The third kappa shape index (κ3) is 3.17. The van der Waals surface area contributed by atoms with Gasteiger partial charge in [0.1, 0.15) is 22.1 Å². The zero-order chi connectivity index (χ0) is 18.3. The number of benzene rings is 2. The molecule has 0 saturated carbocycles. The molecule has 2 atom stereocenters. The van der Waals surface area contributed by atoms with E-state index in [1.165, 1.54) is 40.7 Å². The average Bonchev–Trinajstić information content (AvgIpc) is 2.59. The van der Waals surface area contributed by atoms with Crippen molar-refractivity contribution in [2.45, 2.75) is 11.7 Å². The SMILES string of the molecule is CN1c2ccc(C(=O)O)cc2C(=O)C(Cc2ccc(F)c(Cl)c2)S1=O. The Morgan fingerprint density at radius 1 is 1.32 bits per heavy atom. The third-order valence-electron chi connectivity index (χ3n) is 4.06. The van der Waals surface area contributed by atoms with Crippen LogP contribution in [-0.2, 0) is 17.4 Å². The van der Waals surface area contributed by atoms with Crippen LogP contribution >= 0.6 is 11.6 Å². The second kappa shape index (κ2) is 6.57. The van der Waals surface area contributed by atoms with Gasteiger partial charge in [0, 0.05) is 12.6 Å². The standard InChI is InChI=1S/C17H13ClFNO4S/c1-20-14-5-3-10(17(22)23)8-11(14)16(21)15(25(20)24)7-9-2-4-13(19)12(18)6-9/h2-6,8,15H,7H2,1H3,(H,22,23). The Bertz CT molecular complexity index is 918. The van der Waals surface area contributed by atoms with Gasteiger partial charge in [-0.2, -0.15) is 0 Å². The fourth-order valence-electron chi connectivity index (χ4n) is 2.74. The lowest BCUT2D eigenvalue weighted by atomic mass is 9.98. The number of Topliss-reactive ketones (excluding diaryl/α,β-unsaturated/α-hetero) is 1. The predicted octanol–water partition coefficient (Wildman–Crippen LogP) is 3.08. The number of rotatable bonds is 3. The number of carbonyl (C=O) groups is 2. The molecule has 0 aromatic heterocycles. The van der Waals surface area contributed by atoms with Gasteiger partial charge >= 0.3 is 5.97 Å². The molecule has 0 radical (unpaired) electrons. The van der Waals surface area contributed by atoms with Gasteiger partial charge in [-0.05, 0) is 42.3 Å². The molecule has 0 spiro atoms. The Kier molecular flexibility index (Phi) is 4.62. The number of halogens is 2. The summed E-state index contributed by atoms with van der Waals surface area (Å²) in [5.74, 6) is -2.13. The largest absolute Gasteiger partial charge is 0.478 e. The molecule has 1 heterocycles. The monoisotopic (exact) mass is 381 g/mol. The van der Waals surface area contributed by atoms with E-state index in [9.17, 15) is 18.2 Å². The van der Waals surface area contributed by atoms with Crippen LogP contribution in [0, 0.1) is 5.82 Å². The van der Waals surface area contributed by atoms with Gasteiger partial charge in [-0.1, -0.05) is 17.7 Å². The molecular formula is C17H13ClFNO4S. The highest BCUT2D eigenvalue weighted by Crippen LogP contribution is 2.32. The summed E-state index contributed by atoms with van der Waals surface area (Å²) in [5.41, 5.74) is 1.18. The molecule has 0 bridgehead atoms. The maximum Gasteiger partial charge on any atom is 0.335 e. The zero-order valence-electron chi connectivity index (χ0n) is 13.0. The minimum absolute atomic E-state index is 0.0169. The van der Waals surface area contributed by atoms with Crippen LogP contribution in [0.5, 0.6) is 0 Å². The first-order valence-electron chi connectivity index (χ1n) is 7.29. The minimum Gasteiger partial charge on any atom is -0.478 e. The number of nitrogens with zero attached hydrogens (tertiary/aromatic N) is 1. The molecule has 130 valence electrons. The number of aromatic carboxylic acids is 1. The minimum atomic E-state index is -1.64. The molecule has 1 N–H and O–H groups in total. The Morgan fingerprint density at radius 3 is 2.68 bits per heavy atom. The molecule has 25 heavy (non-hydrogen) atoms. The van der Waals surface area contributed by atoms with E-state index in [2.05, 4.69) is 0 Å². The third-order valence-corrected chi connectivity index (χ3v) is 5.95. The molecule has 3 rings (SSSR count). The summed E-state index contributed by atoms with van der Waals surface area (Å²) < 4.78 is 27.4. The van der Waals surface area contributed by atoms with Crippen molar-refractivity contribution in [3.63, 3.8) is 0 Å². The van der Waals surface area contributed by atoms with Crippen molar-refractivity contribution in [2.24, 2.45) is 0 Å². The van der Waals surface area contributed by atoms with Gasteiger partial charge in [0.15, 0.2) is 5.78 Å².